The molecule has 0 bridgehead atoms. The molecule has 0 aliphatic carbocycles. The number of hydrogen-bond acceptors (Lipinski definition) is 6. The number of carbonyl (C=O) groups is 2. The van der Waals surface area contributed by atoms with Crippen molar-refractivity contribution in [1.82, 2.24) is 19.8 Å². The average Bonchev–Trinajstić information content (AvgIpc) is 2.89. The maximum absolute atomic E-state index is 13.3. The van der Waals surface area contributed by atoms with Gasteiger partial charge in [-0.3, -0.25) is 14.6 Å². The minimum absolute atomic E-state index is 0.000878. The van der Waals surface area contributed by atoms with Crippen LogP contribution < -0.4 is 4.74 Å². The predicted octanol–water partition coefficient (Wildman–Crippen LogP) is 3.26. The number of morpholine rings is 1. The Morgan fingerprint density at radius 3 is 2.56 bits per heavy atom. The van der Waals surface area contributed by atoms with Crippen molar-refractivity contribution < 1.29 is 23.5 Å². The number of aromatic nitrogens is 2. The molecule has 2 aromatic carbocycles. The molecule has 2 amide bonds. The summed E-state index contributed by atoms with van der Waals surface area (Å²) in [6, 6.07) is 15.3. The largest absolute Gasteiger partial charge is 0.490 e. The molecule has 9 heteroatoms. The molecular weight excluding hydrogens is 463 g/mol. The average molecular weight is 493 g/mol. The van der Waals surface area contributed by atoms with Crippen LogP contribution in [-0.4, -0.2) is 70.5 Å². The number of benzene rings is 2. The van der Waals surface area contributed by atoms with E-state index in [-0.39, 0.29) is 49.5 Å². The topological polar surface area (TPSA) is 84.9 Å². The zero-order chi connectivity index (χ0) is 25.5. The molecule has 0 saturated carbocycles. The molecule has 0 spiro atoms. The van der Waals surface area contributed by atoms with Crippen molar-refractivity contribution in [2.45, 2.75) is 25.5 Å². The standard InChI is InChI=1S/C27H29FN4O4/c1-20-15-30-24(16-29-20)26(34)32-12-13-36-27(18-32,19-35-23-10-8-22(28)9-11-23)14-25(33)31(2)17-21-6-4-3-5-7-21/h3-11,15-16H,12-14,17-19H2,1-2H3/t27-/m0/s1. The fraction of sp³-hybridized carbons (Fsp3) is 0.333. The molecule has 0 N–H and O–H groups in total. The molecule has 1 aliphatic rings. The fourth-order valence-electron chi connectivity index (χ4n) is 4.03. The monoisotopic (exact) mass is 492 g/mol. The normalized spacial score (nSPS) is 17.5. The molecule has 36 heavy (non-hydrogen) atoms. The third-order valence-corrected chi connectivity index (χ3v) is 6.01. The molecule has 8 nitrogen and oxygen atoms in total. The summed E-state index contributed by atoms with van der Waals surface area (Å²) in [4.78, 5) is 38.1. The second-order valence-corrected chi connectivity index (χ2v) is 8.96. The first-order chi connectivity index (χ1) is 17.3. The summed E-state index contributed by atoms with van der Waals surface area (Å²) in [5.41, 5.74) is 0.845. The van der Waals surface area contributed by atoms with Crippen molar-refractivity contribution in [2.75, 3.05) is 33.4 Å². The van der Waals surface area contributed by atoms with Crippen LogP contribution in [0.5, 0.6) is 5.75 Å². The van der Waals surface area contributed by atoms with Gasteiger partial charge in [-0.15, -0.1) is 0 Å². The van der Waals surface area contributed by atoms with Crippen molar-refractivity contribution in [2.24, 2.45) is 0 Å². The molecule has 2 heterocycles. The lowest BCUT2D eigenvalue weighted by Crippen LogP contribution is -2.58. The van der Waals surface area contributed by atoms with Gasteiger partial charge in [-0.05, 0) is 36.8 Å². The van der Waals surface area contributed by atoms with E-state index in [0.29, 0.717) is 24.5 Å². The number of ether oxygens (including phenoxy) is 2. The lowest BCUT2D eigenvalue weighted by Gasteiger charge is -2.42. The van der Waals surface area contributed by atoms with E-state index in [1.165, 1.54) is 30.5 Å². The summed E-state index contributed by atoms with van der Waals surface area (Å²) in [5, 5.41) is 0. The van der Waals surface area contributed by atoms with Gasteiger partial charge in [0.25, 0.3) is 5.91 Å². The molecule has 0 unspecified atom stereocenters. The summed E-state index contributed by atoms with van der Waals surface area (Å²) in [5.74, 6) is -0.370. The van der Waals surface area contributed by atoms with E-state index in [2.05, 4.69) is 9.97 Å². The van der Waals surface area contributed by atoms with Crippen LogP contribution in [0.4, 0.5) is 4.39 Å². The zero-order valence-corrected chi connectivity index (χ0v) is 20.4. The van der Waals surface area contributed by atoms with Gasteiger partial charge in [-0.1, -0.05) is 30.3 Å². The van der Waals surface area contributed by atoms with Crippen molar-refractivity contribution >= 4 is 11.8 Å². The van der Waals surface area contributed by atoms with Crippen molar-refractivity contribution in [3.63, 3.8) is 0 Å². The number of carbonyl (C=O) groups excluding carboxylic acids is 2. The van der Waals surface area contributed by atoms with Crippen LogP contribution in [0, 0.1) is 12.7 Å². The van der Waals surface area contributed by atoms with Crippen molar-refractivity contribution in [3.8, 4) is 5.75 Å². The highest BCUT2D eigenvalue weighted by Gasteiger charge is 2.42. The summed E-state index contributed by atoms with van der Waals surface area (Å²) < 4.78 is 25.4. The molecule has 1 aromatic heterocycles. The Bertz CT molecular complexity index is 1170. The van der Waals surface area contributed by atoms with E-state index < -0.39 is 5.60 Å². The molecule has 1 saturated heterocycles. The van der Waals surface area contributed by atoms with E-state index in [1.807, 2.05) is 30.3 Å². The molecule has 1 aliphatic heterocycles. The van der Waals surface area contributed by atoms with E-state index in [4.69, 9.17) is 9.47 Å². The van der Waals surface area contributed by atoms with Crippen LogP contribution in [0.3, 0.4) is 0 Å². The first-order valence-corrected chi connectivity index (χ1v) is 11.7. The first kappa shape index (κ1) is 25.2. The number of rotatable bonds is 8. The van der Waals surface area contributed by atoms with Gasteiger partial charge in [-0.2, -0.15) is 0 Å². The summed E-state index contributed by atoms with van der Waals surface area (Å²) in [7, 11) is 1.73. The molecule has 1 atom stereocenters. The molecule has 4 rings (SSSR count). The molecule has 3 aromatic rings. The highest BCUT2D eigenvalue weighted by atomic mass is 19.1. The number of halogens is 1. The molecule has 0 radical (unpaired) electrons. The highest BCUT2D eigenvalue weighted by Crippen LogP contribution is 2.26. The third-order valence-electron chi connectivity index (χ3n) is 6.01. The lowest BCUT2D eigenvalue weighted by atomic mass is 9.96. The van der Waals surface area contributed by atoms with Gasteiger partial charge >= 0.3 is 0 Å². The van der Waals surface area contributed by atoms with Crippen LogP contribution in [0.2, 0.25) is 0 Å². The second kappa shape index (κ2) is 11.3. The van der Waals surface area contributed by atoms with E-state index in [0.717, 1.165) is 5.56 Å². The fourth-order valence-corrected chi connectivity index (χ4v) is 4.03. The van der Waals surface area contributed by atoms with E-state index in [1.54, 1.807) is 30.0 Å². The van der Waals surface area contributed by atoms with Gasteiger partial charge in [0, 0.05) is 26.3 Å². The first-order valence-electron chi connectivity index (χ1n) is 11.7. The summed E-state index contributed by atoms with van der Waals surface area (Å²) >= 11 is 0. The van der Waals surface area contributed by atoms with Gasteiger partial charge in [0.2, 0.25) is 5.91 Å². The Balaban J connectivity index is 1.52. The predicted molar refractivity (Wildman–Crippen MR) is 131 cm³/mol. The second-order valence-electron chi connectivity index (χ2n) is 8.96. The van der Waals surface area contributed by atoms with Crippen molar-refractivity contribution in [1.29, 1.82) is 0 Å². The maximum Gasteiger partial charge on any atom is 0.274 e. The third kappa shape index (κ3) is 6.42. The lowest BCUT2D eigenvalue weighted by molar-refractivity contribution is -0.152. The van der Waals surface area contributed by atoms with Crippen LogP contribution >= 0.6 is 0 Å². The minimum Gasteiger partial charge on any atom is -0.490 e. The van der Waals surface area contributed by atoms with Crippen LogP contribution in [0.1, 0.15) is 28.2 Å². The van der Waals surface area contributed by atoms with Crippen LogP contribution in [0.15, 0.2) is 67.0 Å². The van der Waals surface area contributed by atoms with Crippen molar-refractivity contribution in [3.05, 3.63) is 89.8 Å². The molecular formula is C27H29FN4O4. The van der Waals surface area contributed by atoms with Gasteiger partial charge in [-0.25, -0.2) is 9.37 Å². The van der Waals surface area contributed by atoms with Gasteiger partial charge in [0.15, 0.2) is 0 Å². The Kier molecular flexibility index (Phi) is 7.90. The quantitative estimate of drug-likeness (QED) is 0.480. The Labute approximate surface area is 209 Å². The minimum atomic E-state index is -1.09. The number of aryl methyl sites for hydroxylation is 1. The van der Waals surface area contributed by atoms with Gasteiger partial charge in [0.1, 0.15) is 29.5 Å². The summed E-state index contributed by atoms with van der Waals surface area (Å²) in [6.45, 7) is 2.95. The summed E-state index contributed by atoms with van der Waals surface area (Å²) in [6.07, 6.45) is 2.99. The molecule has 1 fully saturated rings. The Morgan fingerprint density at radius 1 is 1.11 bits per heavy atom. The Hall–Kier alpha value is -3.85. The Morgan fingerprint density at radius 2 is 1.86 bits per heavy atom. The number of amides is 2. The number of nitrogens with zero attached hydrogens (tertiary/aromatic N) is 4. The maximum atomic E-state index is 13.3. The molecule has 188 valence electrons. The zero-order valence-electron chi connectivity index (χ0n) is 20.4. The smallest absolute Gasteiger partial charge is 0.274 e. The van der Waals surface area contributed by atoms with E-state index >= 15 is 0 Å². The van der Waals surface area contributed by atoms with Gasteiger partial charge < -0.3 is 19.3 Å². The van der Waals surface area contributed by atoms with Crippen LogP contribution in [0.25, 0.3) is 0 Å². The van der Waals surface area contributed by atoms with Crippen LogP contribution in [-0.2, 0) is 16.1 Å². The van der Waals surface area contributed by atoms with Gasteiger partial charge in [0.05, 0.1) is 31.5 Å². The number of hydrogen-bond donors (Lipinski definition) is 0. The van der Waals surface area contributed by atoms with E-state index in [9.17, 15) is 14.0 Å². The SMILES string of the molecule is Cc1cnc(C(=O)N2CCO[C@@](COc3ccc(F)cc3)(CC(=O)N(C)Cc3ccccc3)C2)cn1. The highest BCUT2D eigenvalue weighted by molar-refractivity contribution is 5.92.